The molecule has 0 atom stereocenters. The first kappa shape index (κ1) is 16.3. The van der Waals surface area contributed by atoms with Crippen molar-refractivity contribution < 1.29 is 0 Å². The minimum absolute atomic E-state index is 0.605. The van der Waals surface area contributed by atoms with E-state index in [0.717, 1.165) is 53.3 Å². The minimum Gasteiger partial charge on any atom is -0.383 e. The summed E-state index contributed by atoms with van der Waals surface area (Å²) < 4.78 is 1.71. The number of nitrogens with zero attached hydrogens (tertiary/aromatic N) is 5. The number of hydrogen-bond acceptors (Lipinski definition) is 6. The van der Waals surface area contributed by atoms with Crippen LogP contribution < -0.4 is 10.6 Å². The summed E-state index contributed by atoms with van der Waals surface area (Å²) in [6, 6.07) is 12.3. The Labute approximate surface area is 151 Å². The van der Waals surface area contributed by atoms with E-state index in [2.05, 4.69) is 55.8 Å². The highest BCUT2D eigenvalue weighted by Crippen LogP contribution is 2.23. The van der Waals surface area contributed by atoms with Crippen LogP contribution in [-0.2, 0) is 6.42 Å². The van der Waals surface area contributed by atoms with Crippen LogP contribution in [0.4, 0.5) is 11.5 Å². The van der Waals surface area contributed by atoms with Crippen molar-refractivity contribution in [2.75, 3.05) is 23.7 Å². The molecule has 3 aromatic heterocycles. The maximum Gasteiger partial charge on any atom is 0.254 e. The average Bonchev–Trinajstić information content (AvgIpc) is 3.13. The highest BCUT2D eigenvalue weighted by Gasteiger charge is 2.06. The molecule has 4 aromatic rings. The van der Waals surface area contributed by atoms with Gasteiger partial charge in [-0.15, -0.1) is 0 Å². The Balaban J connectivity index is 1.48. The number of aryl methyl sites for hydroxylation is 2. The molecule has 0 aliphatic heterocycles. The van der Waals surface area contributed by atoms with Gasteiger partial charge in [0, 0.05) is 41.6 Å². The van der Waals surface area contributed by atoms with E-state index in [1.54, 1.807) is 4.52 Å². The number of para-hydroxylation sites is 1. The molecule has 0 saturated heterocycles. The predicted molar refractivity (Wildman–Crippen MR) is 104 cm³/mol. The molecule has 0 aliphatic rings. The second kappa shape index (κ2) is 6.95. The Morgan fingerprint density at radius 2 is 1.88 bits per heavy atom. The molecule has 132 valence electrons. The fourth-order valence-electron chi connectivity index (χ4n) is 3.00. The Hall–Kier alpha value is -3.22. The van der Waals surface area contributed by atoms with Crippen molar-refractivity contribution in [3.63, 3.8) is 0 Å². The molecule has 0 radical (unpaired) electrons. The number of nitrogens with one attached hydrogen (secondary N) is 2. The zero-order valence-electron chi connectivity index (χ0n) is 14.9. The fraction of sp³-hybridized carbons (Fsp3) is 0.263. The quantitative estimate of drug-likeness (QED) is 0.522. The molecule has 0 aliphatic carbocycles. The highest BCUT2D eigenvalue weighted by molar-refractivity contribution is 5.91. The molecule has 7 nitrogen and oxygen atoms in total. The van der Waals surface area contributed by atoms with Gasteiger partial charge < -0.3 is 10.6 Å². The third-order valence-electron chi connectivity index (χ3n) is 4.26. The van der Waals surface area contributed by atoms with Gasteiger partial charge in [0.25, 0.3) is 5.78 Å². The molecule has 4 rings (SSSR count). The molecule has 7 heteroatoms. The normalized spacial score (nSPS) is 11.2. The summed E-state index contributed by atoms with van der Waals surface area (Å²) in [5.41, 5.74) is 4.14. The summed E-state index contributed by atoms with van der Waals surface area (Å²) in [4.78, 5) is 13.2. The van der Waals surface area contributed by atoms with E-state index < -0.39 is 0 Å². The maximum atomic E-state index is 4.69. The van der Waals surface area contributed by atoms with Gasteiger partial charge in [0.15, 0.2) is 0 Å². The van der Waals surface area contributed by atoms with Crippen molar-refractivity contribution in [2.24, 2.45) is 0 Å². The number of fused-ring (bicyclic) bond motifs is 2. The monoisotopic (exact) mass is 347 g/mol. The summed E-state index contributed by atoms with van der Waals surface area (Å²) in [6.07, 6.45) is 2.43. The van der Waals surface area contributed by atoms with Gasteiger partial charge in [-0.2, -0.15) is 14.6 Å². The third kappa shape index (κ3) is 3.15. The molecule has 0 bridgehead atoms. The lowest BCUT2D eigenvalue weighted by Crippen LogP contribution is -2.16. The van der Waals surface area contributed by atoms with Crippen LogP contribution in [0, 0.1) is 6.92 Å². The molecule has 3 heterocycles. The standard InChI is InChI=1S/C19H21N7/c1-3-14-11-17(15-6-4-5-7-16(15)25-14)20-8-9-21-18-10-13(2)24-19-22-12-23-26(18)19/h4-7,10-12,21H,3,8-9H2,1-2H3,(H,20,25). The Morgan fingerprint density at radius 1 is 1.04 bits per heavy atom. The largest absolute Gasteiger partial charge is 0.383 e. The van der Waals surface area contributed by atoms with Crippen molar-refractivity contribution in [1.82, 2.24) is 24.6 Å². The van der Waals surface area contributed by atoms with E-state index in [4.69, 9.17) is 0 Å². The van der Waals surface area contributed by atoms with Crippen LogP contribution in [0.15, 0.2) is 42.7 Å². The molecule has 0 fully saturated rings. The maximum absolute atomic E-state index is 4.69. The molecule has 0 saturated carbocycles. The molecule has 0 amide bonds. The van der Waals surface area contributed by atoms with Crippen LogP contribution >= 0.6 is 0 Å². The van der Waals surface area contributed by atoms with E-state index in [1.165, 1.54) is 6.33 Å². The lowest BCUT2D eigenvalue weighted by Gasteiger charge is -2.13. The van der Waals surface area contributed by atoms with Crippen LogP contribution in [0.3, 0.4) is 0 Å². The van der Waals surface area contributed by atoms with Gasteiger partial charge in [0.2, 0.25) is 0 Å². The topological polar surface area (TPSA) is 80.0 Å². The van der Waals surface area contributed by atoms with Gasteiger partial charge in [0.05, 0.1) is 5.52 Å². The second-order valence-electron chi connectivity index (χ2n) is 6.14. The minimum atomic E-state index is 0.605. The summed E-state index contributed by atoms with van der Waals surface area (Å²) in [5, 5.41) is 12.3. The molecular weight excluding hydrogens is 326 g/mol. The van der Waals surface area contributed by atoms with Crippen LogP contribution in [0.5, 0.6) is 0 Å². The Bertz CT molecular complexity index is 1050. The van der Waals surface area contributed by atoms with Crippen LogP contribution in [-0.4, -0.2) is 37.7 Å². The number of benzene rings is 1. The highest BCUT2D eigenvalue weighted by atomic mass is 15.3. The Kier molecular flexibility index (Phi) is 4.35. The molecule has 2 N–H and O–H groups in total. The van der Waals surface area contributed by atoms with Gasteiger partial charge in [-0.25, -0.2) is 4.98 Å². The van der Waals surface area contributed by atoms with E-state index >= 15 is 0 Å². The third-order valence-corrected chi connectivity index (χ3v) is 4.26. The number of pyridine rings is 1. The van der Waals surface area contributed by atoms with E-state index in [1.807, 2.05) is 25.1 Å². The summed E-state index contributed by atoms with van der Waals surface area (Å²) >= 11 is 0. The lowest BCUT2D eigenvalue weighted by atomic mass is 10.1. The first-order valence-electron chi connectivity index (χ1n) is 8.78. The number of aromatic nitrogens is 5. The van der Waals surface area contributed by atoms with Gasteiger partial charge in [-0.3, -0.25) is 4.98 Å². The number of rotatable bonds is 6. The van der Waals surface area contributed by atoms with E-state index in [-0.39, 0.29) is 0 Å². The van der Waals surface area contributed by atoms with E-state index in [9.17, 15) is 0 Å². The fourth-order valence-corrected chi connectivity index (χ4v) is 3.00. The second-order valence-corrected chi connectivity index (χ2v) is 6.14. The molecular formula is C19H21N7. The summed E-state index contributed by atoms with van der Waals surface area (Å²) in [5.74, 6) is 1.49. The zero-order valence-corrected chi connectivity index (χ0v) is 14.9. The van der Waals surface area contributed by atoms with Crippen molar-refractivity contribution in [1.29, 1.82) is 0 Å². The SMILES string of the molecule is CCc1cc(NCCNc2cc(C)nc3ncnn23)c2ccccc2n1. The molecule has 0 unspecified atom stereocenters. The number of anilines is 2. The van der Waals surface area contributed by atoms with Gasteiger partial charge in [-0.05, 0) is 25.5 Å². The molecule has 0 spiro atoms. The lowest BCUT2D eigenvalue weighted by molar-refractivity contribution is 0.915. The van der Waals surface area contributed by atoms with Gasteiger partial charge in [-0.1, -0.05) is 25.1 Å². The van der Waals surface area contributed by atoms with Crippen molar-refractivity contribution in [3.05, 3.63) is 54.1 Å². The van der Waals surface area contributed by atoms with Crippen molar-refractivity contribution in [2.45, 2.75) is 20.3 Å². The van der Waals surface area contributed by atoms with Crippen molar-refractivity contribution in [3.8, 4) is 0 Å². The zero-order chi connectivity index (χ0) is 17.9. The van der Waals surface area contributed by atoms with Crippen LogP contribution in [0.1, 0.15) is 18.3 Å². The van der Waals surface area contributed by atoms with Gasteiger partial charge >= 0.3 is 0 Å². The summed E-state index contributed by atoms with van der Waals surface area (Å²) in [6.45, 7) is 5.59. The Morgan fingerprint density at radius 3 is 2.77 bits per heavy atom. The predicted octanol–water partition coefficient (Wildman–Crippen LogP) is 3.07. The first-order valence-corrected chi connectivity index (χ1v) is 8.78. The van der Waals surface area contributed by atoms with Crippen LogP contribution in [0.25, 0.3) is 16.7 Å². The average molecular weight is 347 g/mol. The van der Waals surface area contributed by atoms with Crippen molar-refractivity contribution >= 4 is 28.2 Å². The van der Waals surface area contributed by atoms with E-state index in [0.29, 0.717) is 5.78 Å². The molecule has 1 aromatic carbocycles. The van der Waals surface area contributed by atoms with Crippen LogP contribution in [0.2, 0.25) is 0 Å². The smallest absolute Gasteiger partial charge is 0.254 e. The number of hydrogen-bond donors (Lipinski definition) is 2. The molecule has 26 heavy (non-hydrogen) atoms. The van der Waals surface area contributed by atoms with Gasteiger partial charge in [0.1, 0.15) is 12.1 Å². The summed E-state index contributed by atoms with van der Waals surface area (Å²) in [7, 11) is 0. The first-order chi connectivity index (χ1) is 12.7.